The van der Waals surface area contributed by atoms with Crippen LogP contribution >= 0.6 is 0 Å². The van der Waals surface area contributed by atoms with Crippen LogP contribution in [0, 0.1) is 0 Å². The van der Waals surface area contributed by atoms with Crippen molar-refractivity contribution in [3.63, 3.8) is 0 Å². The molecule has 0 bridgehead atoms. The monoisotopic (exact) mass is 277 g/mol. The molecule has 0 saturated carbocycles. The lowest BCUT2D eigenvalue weighted by atomic mass is 10.1. The highest BCUT2D eigenvalue weighted by Crippen LogP contribution is 2.20. The zero-order valence-corrected chi connectivity index (χ0v) is 12.8. The molecular weight excluding hydrogens is 250 g/mol. The van der Waals surface area contributed by atoms with Crippen LogP contribution in [0.2, 0.25) is 0 Å². The van der Waals surface area contributed by atoms with Gasteiger partial charge in [0.15, 0.2) is 0 Å². The Labute approximate surface area is 122 Å². The highest BCUT2D eigenvalue weighted by atomic mass is 16.5. The van der Waals surface area contributed by atoms with Gasteiger partial charge < -0.3 is 14.4 Å². The van der Waals surface area contributed by atoms with Gasteiger partial charge in [-0.15, -0.1) is 0 Å². The van der Waals surface area contributed by atoms with Crippen molar-refractivity contribution in [3.05, 3.63) is 24.3 Å². The van der Waals surface area contributed by atoms with Crippen LogP contribution in [0.4, 0.5) is 0 Å². The summed E-state index contributed by atoms with van der Waals surface area (Å²) in [6.07, 6.45) is 6.02. The van der Waals surface area contributed by atoms with Gasteiger partial charge in [0.05, 0.1) is 13.2 Å². The fourth-order valence-corrected chi connectivity index (χ4v) is 2.62. The molecule has 3 heteroatoms. The fraction of sp³-hybridized carbons (Fsp3) is 0.647. The van der Waals surface area contributed by atoms with Crippen molar-refractivity contribution in [2.45, 2.75) is 45.1 Å². The summed E-state index contributed by atoms with van der Waals surface area (Å²) in [7, 11) is 2.21. The van der Waals surface area contributed by atoms with E-state index in [1.54, 1.807) is 0 Å². The molecule has 1 saturated heterocycles. The van der Waals surface area contributed by atoms with Gasteiger partial charge in [0.1, 0.15) is 11.5 Å². The summed E-state index contributed by atoms with van der Waals surface area (Å²) in [6, 6.07) is 8.69. The van der Waals surface area contributed by atoms with Crippen LogP contribution < -0.4 is 9.47 Å². The van der Waals surface area contributed by atoms with Crippen molar-refractivity contribution < 1.29 is 9.47 Å². The number of rotatable bonds is 8. The molecule has 0 amide bonds. The first-order valence-electron chi connectivity index (χ1n) is 7.85. The van der Waals surface area contributed by atoms with Crippen LogP contribution in [0.15, 0.2) is 24.3 Å². The lowest BCUT2D eigenvalue weighted by Gasteiger charge is -2.19. The molecule has 1 aliphatic rings. The van der Waals surface area contributed by atoms with Crippen molar-refractivity contribution in [2.24, 2.45) is 0 Å². The summed E-state index contributed by atoms with van der Waals surface area (Å²) < 4.78 is 11.5. The first-order chi connectivity index (χ1) is 9.79. The van der Waals surface area contributed by atoms with Crippen LogP contribution in [0.5, 0.6) is 11.5 Å². The first-order valence-corrected chi connectivity index (χ1v) is 7.85. The zero-order chi connectivity index (χ0) is 14.2. The summed E-state index contributed by atoms with van der Waals surface area (Å²) in [6.45, 7) is 4.99. The maximum atomic E-state index is 5.81. The summed E-state index contributed by atoms with van der Waals surface area (Å²) in [5.74, 6) is 1.87. The molecule has 112 valence electrons. The molecule has 1 fully saturated rings. The van der Waals surface area contributed by atoms with E-state index < -0.39 is 0 Å². The number of benzene rings is 1. The highest BCUT2D eigenvalue weighted by Gasteiger charge is 2.20. The Morgan fingerprint density at radius 1 is 1.10 bits per heavy atom. The molecule has 1 unspecified atom stereocenters. The van der Waals surface area contributed by atoms with Crippen LogP contribution in [-0.2, 0) is 0 Å². The third-order valence-electron chi connectivity index (χ3n) is 3.98. The van der Waals surface area contributed by atoms with Crippen LogP contribution in [0.1, 0.15) is 39.0 Å². The standard InChI is InChI=1S/C17H27NO2/c1-3-4-13-19-16-7-9-17(10-8-16)20-14-11-15-6-5-12-18(15)2/h7-10,15H,3-6,11-14H2,1-2H3. The van der Waals surface area contributed by atoms with E-state index in [-0.39, 0.29) is 0 Å². The van der Waals surface area contributed by atoms with Gasteiger partial charge in [-0.25, -0.2) is 0 Å². The van der Waals surface area contributed by atoms with E-state index in [0.717, 1.165) is 44.0 Å². The molecule has 1 atom stereocenters. The fourth-order valence-electron chi connectivity index (χ4n) is 2.62. The predicted molar refractivity (Wildman–Crippen MR) is 82.6 cm³/mol. The maximum Gasteiger partial charge on any atom is 0.119 e. The van der Waals surface area contributed by atoms with Crippen LogP contribution in [0.3, 0.4) is 0 Å². The van der Waals surface area contributed by atoms with Gasteiger partial charge in [-0.1, -0.05) is 13.3 Å². The van der Waals surface area contributed by atoms with Crippen molar-refractivity contribution in [3.8, 4) is 11.5 Å². The maximum absolute atomic E-state index is 5.81. The Bertz CT molecular complexity index is 377. The summed E-state index contributed by atoms with van der Waals surface area (Å²) in [4.78, 5) is 2.44. The Kier molecular flexibility index (Phi) is 6.19. The lowest BCUT2D eigenvalue weighted by Crippen LogP contribution is -2.26. The van der Waals surface area contributed by atoms with Crippen LogP contribution in [-0.4, -0.2) is 37.7 Å². The zero-order valence-electron chi connectivity index (χ0n) is 12.8. The smallest absolute Gasteiger partial charge is 0.119 e. The molecule has 0 aliphatic carbocycles. The Hall–Kier alpha value is -1.22. The first kappa shape index (κ1) is 15.2. The van der Waals surface area contributed by atoms with E-state index in [0.29, 0.717) is 6.04 Å². The number of likely N-dealkylation sites (tertiary alicyclic amines) is 1. The molecule has 20 heavy (non-hydrogen) atoms. The third-order valence-corrected chi connectivity index (χ3v) is 3.98. The minimum absolute atomic E-state index is 0.701. The van der Waals surface area contributed by atoms with Gasteiger partial charge in [-0.2, -0.15) is 0 Å². The van der Waals surface area contributed by atoms with E-state index in [1.165, 1.54) is 19.4 Å². The van der Waals surface area contributed by atoms with Crippen molar-refractivity contribution >= 4 is 0 Å². The van der Waals surface area contributed by atoms with Crippen LogP contribution in [0.25, 0.3) is 0 Å². The van der Waals surface area contributed by atoms with Crippen molar-refractivity contribution in [2.75, 3.05) is 26.8 Å². The Morgan fingerprint density at radius 3 is 2.30 bits per heavy atom. The largest absolute Gasteiger partial charge is 0.494 e. The summed E-state index contributed by atoms with van der Waals surface area (Å²) >= 11 is 0. The normalized spacial score (nSPS) is 19.2. The second-order valence-electron chi connectivity index (χ2n) is 5.59. The minimum atomic E-state index is 0.701. The molecule has 3 nitrogen and oxygen atoms in total. The molecular formula is C17H27NO2. The number of unbranched alkanes of at least 4 members (excludes halogenated alkanes) is 1. The average Bonchev–Trinajstić information content (AvgIpc) is 2.87. The minimum Gasteiger partial charge on any atom is -0.494 e. The van der Waals surface area contributed by atoms with Gasteiger partial charge in [0.2, 0.25) is 0 Å². The SMILES string of the molecule is CCCCOc1ccc(OCCC2CCCN2C)cc1. The molecule has 1 aromatic rings. The third kappa shape index (κ3) is 4.71. The second-order valence-corrected chi connectivity index (χ2v) is 5.59. The molecule has 1 aromatic carbocycles. The predicted octanol–water partition coefficient (Wildman–Crippen LogP) is 3.73. The molecule has 1 aliphatic heterocycles. The Morgan fingerprint density at radius 2 is 1.75 bits per heavy atom. The summed E-state index contributed by atoms with van der Waals surface area (Å²) in [5, 5.41) is 0. The van der Waals surface area contributed by atoms with Crippen molar-refractivity contribution in [1.82, 2.24) is 4.90 Å². The average molecular weight is 277 g/mol. The number of nitrogens with zero attached hydrogens (tertiary/aromatic N) is 1. The molecule has 0 spiro atoms. The van der Waals surface area contributed by atoms with E-state index in [9.17, 15) is 0 Å². The molecule has 0 aromatic heterocycles. The second kappa shape index (κ2) is 8.15. The number of hydrogen-bond donors (Lipinski definition) is 0. The van der Waals surface area contributed by atoms with E-state index >= 15 is 0 Å². The van der Waals surface area contributed by atoms with E-state index in [4.69, 9.17) is 9.47 Å². The molecule has 1 heterocycles. The molecule has 0 N–H and O–H groups in total. The van der Waals surface area contributed by atoms with Gasteiger partial charge in [-0.3, -0.25) is 0 Å². The highest BCUT2D eigenvalue weighted by molar-refractivity contribution is 5.31. The van der Waals surface area contributed by atoms with Gasteiger partial charge >= 0.3 is 0 Å². The van der Waals surface area contributed by atoms with E-state index in [1.807, 2.05) is 24.3 Å². The van der Waals surface area contributed by atoms with Gasteiger partial charge in [-0.05, 0) is 63.5 Å². The summed E-state index contributed by atoms with van der Waals surface area (Å²) in [5.41, 5.74) is 0. The quantitative estimate of drug-likeness (QED) is 0.676. The number of ether oxygens (including phenoxy) is 2. The Balaban J connectivity index is 1.68. The molecule has 2 rings (SSSR count). The van der Waals surface area contributed by atoms with Gasteiger partial charge in [0, 0.05) is 6.04 Å². The lowest BCUT2D eigenvalue weighted by molar-refractivity contribution is 0.233. The van der Waals surface area contributed by atoms with Crippen molar-refractivity contribution in [1.29, 1.82) is 0 Å². The topological polar surface area (TPSA) is 21.7 Å². The van der Waals surface area contributed by atoms with Gasteiger partial charge in [0.25, 0.3) is 0 Å². The van der Waals surface area contributed by atoms with E-state index in [2.05, 4.69) is 18.9 Å². The number of hydrogen-bond acceptors (Lipinski definition) is 3. The molecule has 0 radical (unpaired) electrons.